The lowest BCUT2D eigenvalue weighted by molar-refractivity contribution is 0.101. The van der Waals surface area contributed by atoms with E-state index in [-0.39, 0.29) is 5.78 Å². The molecule has 1 aromatic carbocycles. The fourth-order valence-electron chi connectivity index (χ4n) is 1.51. The van der Waals surface area contributed by atoms with Gasteiger partial charge in [0.05, 0.1) is 17.4 Å². The van der Waals surface area contributed by atoms with E-state index in [1.807, 2.05) is 19.1 Å². The van der Waals surface area contributed by atoms with E-state index in [2.05, 4.69) is 5.10 Å². The quantitative estimate of drug-likeness (QED) is 0.749. The number of carbonyl (C=O) groups is 1. The van der Waals surface area contributed by atoms with Crippen molar-refractivity contribution in [1.29, 1.82) is 0 Å². The number of hydrogen-bond donors (Lipinski definition) is 0. The molecule has 82 valence electrons. The molecule has 4 heteroatoms. The number of ketones is 1. The van der Waals surface area contributed by atoms with E-state index in [4.69, 9.17) is 11.6 Å². The first-order chi connectivity index (χ1) is 7.58. The number of aromatic nitrogens is 2. The van der Waals surface area contributed by atoms with Crippen molar-refractivity contribution in [1.82, 2.24) is 9.78 Å². The van der Waals surface area contributed by atoms with E-state index >= 15 is 0 Å². The molecule has 0 N–H and O–H groups in total. The van der Waals surface area contributed by atoms with Crippen molar-refractivity contribution in [3.8, 4) is 5.69 Å². The maximum absolute atomic E-state index is 11.2. The molecule has 0 aliphatic rings. The van der Waals surface area contributed by atoms with Gasteiger partial charge in [-0.2, -0.15) is 5.10 Å². The van der Waals surface area contributed by atoms with Crippen LogP contribution in [0.15, 0.2) is 30.6 Å². The molecule has 2 aromatic rings. The van der Waals surface area contributed by atoms with Gasteiger partial charge in [0.1, 0.15) is 0 Å². The van der Waals surface area contributed by atoms with Gasteiger partial charge in [-0.15, -0.1) is 0 Å². The normalized spacial score (nSPS) is 10.4. The average molecular weight is 235 g/mol. The van der Waals surface area contributed by atoms with E-state index in [1.54, 1.807) is 23.1 Å². The topological polar surface area (TPSA) is 34.9 Å². The molecule has 0 spiro atoms. The Morgan fingerprint density at radius 2 is 2.19 bits per heavy atom. The summed E-state index contributed by atoms with van der Waals surface area (Å²) >= 11 is 5.88. The summed E-state index contributed by atoms with van der Waals surface area (Å²) in [6.45, 7) is 3.48. The second-order valence-corrected chi connectivity index (χ2v) is 4.10. The maximum Gasteiger partial charge on any atom is 0.162 e. The predicted octanol–water partition coefficient (Wildman–Crippen LogP) is 3.04. The number of nitrogens with zero attached hydrogens (tertiary/aromatic N) is 2. The van der Waals surface area contributed by atoms with Gasteiger partial charge in [0, 0.05) is 11.2 Å². The summed E-state index contributed by atoms with van der Waals surface area (Å²) in [4.78, 5) is 11.2. The third-order valence-electron chi connectivity index (χ3n) is 2.39. The smallest absolute Gasteiger partial charge is 0.162 e. The summed E-state index contributed by atoms with van der Waals surface area (Å²) < 4.78 is 1.68. The van der Waals surface area contributed by atoms with Crippen LogP contribution in [0.3, 0.4) is 0 Å². The lowest BCUT2D eigenvalue weighted by Crippen LogP contribution is -1.97. The first-order valence-electron chi connectivity index (χ1n) is 4.90. The van der Waals surface area contributed by atoms with E-state index in [9.17, 15) is 4.79 Å². The third-order valence-corrected chi connectivity index (χ3v) is 2.63. The molecule has 2 rings (SSSR count). The lowest BCUT2D eigenvalue weighted by Gasteiger charge is -2.05. The molecule has 0 aliphatic heterocycles. The SMILES string of the molecule is CC(=O)c1cnn(-c2ccc(Cl)cc2C)c1. The van der Waals surface area contributed by atoms with E-state index in [1.165, 1.54) is 6.92 Å². The highest BCUT2D eigenvalue weighted by molar-refractivity contribution is 6.30. The molecular weight excluding hydrogens is 224 g/mol. The number of rotatable bonds is 2. The number of carbonyl (C=O) groups excluding carboxylic acids is 1. The predicted molar refractivity (Wildman–Crippen MR) is 63.3 cm³/mol. The van der Waals surface area contributed by atoms with Gasteiger partial charge in [0.15, 0.2) is 5.78 Å². The number of benzene rings is 1. The standard InChI is InChI=1S/C12H11ClN2O/c1-8-5-11(13)3-4-12(8)15-7-10(6-14-15)9(2)16/h3-7H,1-2H3. The average Bonchev–Trinajstić information content (AvgIpc) is 2.66. The lowest BCUT2D eigenvalue weighted by atomic mass is 10.2. The summed E-state index contributed by atoms with van der Waals surface area (Å²) in [6.07, 6.45) is 3.29. The molecule has 0 aliphatic carbocycles. The summed E-state index contributed by atoms with van der Waals surface area (Å²) in [5.41, 5.74) is 2.55. The summed E-state index contributed by atoms with van der Waals surface area (Å²) in [5.74, 6) is 0.0119. The number of aryl methyl sites for hydroxylation is 1. The zero-order valence-corrected chi connectivity index (χ0v) is 9.82. The van der Waals surface area contributed by atoms with Crippen LogP contribution in [0.1, 0.15) is 22.8 Å². The Bertz CT molecular complexity index is 546. The number of halogens is 1. The molecule has 0 saturated heterocycles. The molecule has 3 nitrogen and oxygen atoms in total. The highest BCUT2D eigenvalue weighted by Gasteiger charge is 2.06. The molecule has 0 atom stereocenters. The fourth-order valence-corrected chi connectivity index (χ4v) is 1.74. The van der Waals surface area contributed by atoms with Gasteiger partial charge >= 0.3 is 0 Å². The minimum absolute atomic E-state index is 0.0119. The molecule has 0 fully saturated rings. The second-order valence-electron chi connectivity index (χ2n) is 3.66. The second kappa shape index (κ2) is 4.10. The van der Waals surface area contributed by atoms with Crippen LogP contribution in [0.5, 0.6) is 0 Å². The van der Waals surface area contributed by atoms with E-state index in [0.29, 0.717) is 10.6 Å². The van der Waals surface area contributed by atoms with E-state index in [0.717, 1.165) is 11.3 Å². The highest BCUT2D eigenvalue weighted by atomic mass is 35.5. The van der Waals surface area contributed by atoms with Crippen LogP contribution < -0.4 is 0 Å². The van der Waals surface area contributed by atoms with Crippen LogP contribution >= 0.6 is 11.6 Å². The summed E-state index contributed by atoms with van der Waals surface area (Å²) in [7, 11) is 0. The zero-order chi connectivity index (χ0) is 11.7. The molecule has 0 amide bonds. The molecule has 0 unspecified atom stereocenters. The Hall–Kier alpha value is -1.61. The Morgan fingerprint density at radius 3 is 2.75 bits per heavy atom. The molecule has 1 aromatic heterocycles. The van der Waals surface area contributed by atoms with Gasteiger partial charge in [-0.1, -0.05) is 11.6 Å². The molecule has 0 bridgehead atoms. The van der Waals surface area contributed by atoms with Crippen LogP contribution in [-0.4, -0.2) is 15.6 Å². The Balaban J connectivity index is 2.46. The van der Waals surface area contributed by atoms with Crippen molar-refractivity contribution < 1.29 is 4.79 Å². The van der Waals surface area contributed by atoms with Crippen LogP contribution in [0.2, 0.25) is 5.02 Å². The largest absolute Gasteiger partial charge is 0.294 e. The first-order valence-corrected chi connectivity index (χ1v) is 5.28. The molecule has 16 heavy (non-hydrogen) atoms. The molecule has 1 heterocycles. The number of hydrogen-bond acceptors (Lipinski definition) is 2. The van der Waals surface area contributed by atoms with Crippen LogP contribution in [-0.2, 0) is 0 Å². The van der Waals surface area contributed by atoms with Gasteiger partial charge in [0.25, 0.3) is 0 Å². The Kier molecular flexibility index (Phi) is 2.79. The maximum atomic E-state index is 11.2. The first kappa shape index (κ1) is 10.9. The van der Waals surface area contributed by atoms with E-state index < -0.39 is 0 Å². The monoisotopic (exact) mass is 234 g/mol. The van der Waals surface area contributed by atoms with Gasteiger partial charge in [-0.25, -0.2) is 4.68 Å². The van der Waals surface area contributed by atoms with Crippen molar-refractivity contribution in [2.75, 3.05) is 0 Å². The minimum atomic E-state index is 0.0119. The Morgan fingerprint density at radius 1 is 1.44 bits per heavy atom. The van der Waals surface area contributed by atoms with Crippen LogP contribution in [0, 0.1) is 6.92 Å². The number of Topliss-reactive ketones (excluding diaryl/α,β-unsaturated/α-hetero) is 1. The van der Waals surface area contributed by atoms with Gasteiger partial charge in [0.2, 0.25) is 0 Å². The molecule has 0 radical (unpaired) electrons. The van der Waals surface area contributed by atoms with Gasteiger partial charge in [-0.05, 0) is 37.6 Å². The Labute approximate surface area is 98.7 Å². The minimum Gasteiger partial charge on any atom is -0.294 e. The fraction of sp³-hybridized carbons (Fsp3) is 0.167. The van der Waals surface area contributed by atoms with Gasteiger partial charge < -0.3 is 0 Å². The van der Waals surface area contributed by atoms with Crippen molar-refractivity contribution in [3.05, 3.63) is 46.7 Å². The van der Waals surface area contributed by atoms with Crippen molar-refractivity contribution >= 4 is 17.4 Å². The zero-order valence-electron chi connectivity index (χ0n) is 9.07. The summed E-state index contributed by atoms with van der Waals surface area (Å²) in [5, 5.41) is 4.85. The van der Waals surface area contributed by atoms with Crippen LogP contribution in [0.4, 0.5) is 0 Å². The van der Waals surface area contributed by atoms with Crippen molar-refractivity contribution in [3.63, 3.8) is 0 Å². The highest BCUT2D eigenvalue weighted by Crippen LogP contribution is 2.18. The van der Waals surface area contributed by atoms with Crippen molar-refractivity contribution in [2.45, 2.75) is 13.8 Å². The van der Waals surface area contributed by atoms with Gasteiger partial charge in [-0.3, -0.25) is 4.79 Å². The molecular formula is C12H11ClN2O. The van der Waals surface area contributed by atoms with Crippen LogP contribution in [0.25, 0.3) is 5.69 Å². The van der Waals surface area contributed by atoms with Crippen molar-refractivity contribution in [2.24, 2.45) is 0 Å². The summed E-state index contributed by atoms with van der Waals surface area (Å²) in [6, 6.07) is 5.56. The third kappa shape index (κ3) is 1.99. The molecule has 0 saturated carbocycles.